The molecule has 0 aromatic heterocycles. The van der Waals surface area contributed by atoms with Crippen molar-refractivity contribution in [2.24, 2.45) is 0 Å². The second-order valence-electron chi connectivity index (χ2n) is 3.14. The fraction of sp³-hybridized carbons (Fsp3) is 0.300. The summed E-state index contributed by atoms with van der Waals surface area (Å²) < 4.78 is 24.5. The van der Waals surface area contributed by atoms with Crippen molar-refractivity contribution in [1.29, 1.82) is 0 Å². The summed E-state index contributed by atoms with van der Waals surface area (Å²) in [5.74, 6) is -0.0162. The number of alkyl halides is 2. The van der Waals surface area contributed by atoms with Gasteiger partial charge in [0.05, 0.1) is 0 Å². The fourth-order valence-electron chi connectivity index (χ4n) is 1.59. The molecule has 0 atom stereocenters. The summed E-state index contributed by atoms with van der Waals surface area (Å²) >= 11 is 0. The Labute approximate surface area is 74.4 Å². The average molecular weight is 182 g/mol. The maximum absolute atomic E-state index is 12.3. The molecule has 0 radical (unpaired) electrons. The molecule has 0 saturated heterocycles. The highest BCUT2D eigenvalue weighted by Crippen LogP contribution is 2.27. The van der Waals surface area contributed by atoms with Crippen LogP contribution in [0.2, 0.25) is 0 Å². The van der Waals surface area contributed by atoms with Gasteiger partial charge in [0.15, 0.2) is 5.78 Å². The van der Waals surface area contributed by atoms with Crippen LogP contribution in [-0.2, 0) is 6.42 Å². The van der Waals surface area contributed by atoms with Crippen LogP contribution in [0.5, 0.6) is 0 Å². The normalized spacial score (nSPS) is 15.2. The first-order chi connectivity index (χ1) is 6.18. The van der Waals surface area contributed by atoms with E-state index in [0.29, 0.717) is 18.4 Å². The van der Waals surface area contributed by atoms with E-state index in [1.807, 2.05) is 0 Å². The molecule has 0 unspecified atom stereocenters. The maximum Gasteiger partial charge on any atom is 0.263 e. The third-order valence-corrected chi connectivity index (χ3v) is 2.31. The van der Waals surface area contributed by atoms with E-state index < -0.39 is 6.43 Å². The molecule has 1 aromatic carbocycles. The Kier molecular flexibility index (Phi) is 1.87. The predicted molar refractivity (Wildman–Crippen MR) is 44.1 cm³/mol. The van der Waals surface area contributed by atoms with E-state index in [2.05, 4.69) is 0 Å². The second-order valence-corrected chi connectivity index (χ2v) is 3.14. The minimum absolute atomic E-state index is 0.0162. The van der Waals surface area contributed by atoms with Crippen molar-refractivity contribution in [3.63, 3.8) is 0 Å². The van der Waals surface area contributed by atoms with Crippen molar-refractivity contribution in [2.75, 3.05) is 0 Å². The van der Waals surface area contributed by atoms with Crippen LogP contribution >= 0.6 is 0 Å². The first-order valence-electron chi connectivity index (χ1n) is 4.12. The molecule has 0 saturated carbocycles. The Morgan fingerprint density at radius 1 is 1.23 bits per heavy atom. The van der Waals surface area contributed by atoms with Crippen LogP contribution in [0.1, 0.15) is 34.3 Å². The molecule has 13 heavy (non-hydrogen) atoms. The molecule has 0 spiro atoms. The number of carbonyl (C=O) groups is 1. The van der Waals surface area contributed by atoms with Crippen LogP contribution < -0.4 is 0 Å². The number of halogens is 2. The van der Waals surface area contributed by atoms with E-state index in [-0.39, 0.29) is 11.3 Å². The topological polar surface area (TPSA) is 17.1 Å². The molecular weight excluding hydrogens is 174 g/mol. The molecule has 3 heteroatoms. The van der Waals surface area contributed by atoms with Crippen molar-refractivity contribution < 1.29 is 13.6 Å². The van der Waals surface area contributed by atoms with Crippen molar-refractivity contribution in [2.45, 2.75) is 19.3 Å². The molecule has 0 fully saturated rings. The standard InChI is InChI=1S/C10H8F2O/c11-10(12)7-2-1-6-3-4-9(13)8(6)5-7/h1-2,5,10H,3-4H2. The smallest absolute Gasteiger partial charge is 0.263 e. The van der Waals surface area contributed by atoms with Gasteiger partial charge in [0.2, 0.25) is 0 Å². The van der Waals surface area contributed by atoms with Crippen molar-refractivity contribution >= 4 is 5.78 Å². The molecule has 0 aliphatic heterocycles. The maximum atomic E-state index is 12.3. The zero-order valence-electron chi connectivity index (χ0n) is 6.89. The number of benzene rings is 1. The van der Waals surface area contributed by atoms with Gasteiger partial charge in [-0.2, -0.15) is 0 Å². The van der Waals surface area contributed by atoms with Gasteiger partial charge >= 0.3 is 0 Å². The summed E-state index contributed by atoms with van der Waals surface area (Å²) in [4.78, 5) is 11.2. The number of fused-ring (bicyclic) bond motifs is 1. The summed E-state index contributed by atoms with van der Waals surface area (Å²) in [5.41, 5.74) is 1.32. The lowest BCUT2D eigenvalue weighted by molar-refractivity contribution is 0.0994. The number of aryl methyl sites for hydroxylation is 1. The minimum atomic E-state index is -2.49. The highest BCUT2D eigenvalue weighted by Gasteiger charge is 2.20. The molecule has 1 aliphatic rings. The summed E-state index contributed by atoms with van der Waals surface area (Å²) in [5, 5.41) is 0. The molecule has 1 aliphatic carbocycles. The molecule has 1 aromatic rings. The third-order valence-electron chi connectivity index (χ3n) is 2.31. The molecule has 68 valence electrons. The molecule has 0 amide bonds. The molecule has 0 bridgehead atoms. The molecule has 1 nitrogen and oxygen atoms in total. The summed E-state index contributed by atoms with van der Waals surface area (Å²) in [6.45, 7) is 0. The van der Waals surface area contributed by atoms with E-state index in [0.717, 1.165) is 5.56 Å². The van der Waals surface area contributed by atoms with Crippen LogP contribution in [0.25, 0.3) is 0 Å². The lowest BCUT2D eigenvalue weighted by Crippen LogP contribution is -1.93. The van der Waals surface area contributed by atoms with E-state index in [9.17, 15) is 13.6 Å². The number of rotatable bonds is 1. The first kappa shape index (κ1) is 8.35. The molecule has 2 rings (SSSR count). The summed E-state index contributed by atoms with van der Waals surface area (Å²) in [7, 11) is 0. The van der Waals surface area contributed by atoms with Gasteiger partial charge in [-0.3, -0.25) is 4.79 Å². The largest absolute Gasteiger partial charge is 0.294 e. The lowest BCUT2D eigenvalue weighted by atomic mass is 10.1. The quantitative estimate of drug-likeness (QED) is 0.652. The van der Waals surface area contributed by atoms with Crippen molar-refractivity contribution in [1.82, 2.24) is 0 Å². The van der Waals surface area contributed by atoms with Crippen LogP contribution in [-0.4, -0.2) is 5.78 Å². The van der Waals surface area contributed by atoms with Crippen molar-refractivity contribution in [3.05, 3.63) is 34.9 Å². The fourth-order valence-corrected chi connectivity index (χ4v) is 1.59. The monoisotopic (exact) mass is 182 g/mol. The van der Waals surface area contributed by atoms with E-state index in [4.69, 9.17) is 0 Å². The minimum Gasteiger partial charge on any atom is -0.294 e. The Morgan fingerprint density at radius 3 is 2.69 bits per heavy atom. The molecule has 0 N–H and O–H groups in total. The Hall–Kier alpha value is -1.25. The number of carbonyl (C=O) groups excluding carboxylic acids is 1. The zero-order chi connectivity index (χ0) is 9.42. The summed E-state index contributed by atoms with van der Waals surface area (Å²) in [6, 6.07) is 4.33. The van der Waals surface area contributed by atoms with Gasteiger partial charge in [-0.05, 0) is 18.1 Å². The summed E-state index contributed by atoms with van der Waals surface area (Å²) in [6.07, 6.45) is -1.33. The second kappa shape index (κ2) is 2.91. The Morgan fingerprint density at radius 2 is 2.00 bits per heavy atom. The lowest BCUT2D eigenvalue weighted by Gasteiger charge is -2.01. The Balaban J connectivity index is 2.48. The number of hydrogen-bond acceptors (Lipinski definition) is 1. The van der Waals surface area contributed by atoms with Gasteiger partial charge in [0.1, 0.15) is 0 Å². The number of ketones is 1. The van der Waals surface area contributed by atoms with E-state index in [1.54, 1.807) is 6.07 Å². The number of hydrogen-bond donors (Lipinski definition) is 0. The first-order valence-corrected chi connectivity index (χ1v) is 4.12. The van der Waals surface area contributed by atoms with Gasteiger partial charge < -0.3 is 0 Å². The van der Waals surface area contributed by atoms with Gasteiger partial charge in [-0.15, -0.1) is 0 Å². The average Bonchev–Trinajstić information content (AvgIpc) is 2.47. The van der Waals surface area contributed by atoms with E-state index in [1.165, 1.54) is 12.1 Å². The Bertz CT molecular complexity index is 358. The van der Waals surface area contributed by atoms with Gasteiger partial charge in [-0.25, -0.2) is 8.78 Å². The predicted octanol–water partition coefficient (Wildman–Crippen LogP) is 2.75. The van der Waals surface area contributed by atoms with Crippen LogP contribution in [0.3, 0.4) is 0 Å². The third kappa shape index (κ3) is 1.34. The highest BCUT2D eigenvalue weighted by molar-refractivity contribution is 6.00. The van der Waals surface area contributed by atoms with Gasteiger partial charge in [0, 0.05) is 17.5 Å². The zero-order valence-corrected chi connectivity index (χ0v) is 6.89. The number of Topliss-reactive ketones (excluding diaryl/α,β-unsaturated/α-hetero) is 1. The van der Waals surface area contributed by atoms with Crippen LogP contribution in [0, 0.1) is 0 Å². The van der Waals surface area contributed by atoms with E-state index >= 15 is 0 Å². The van der Waals surface area contributed by atoms with Crippen LogP contribution in [0.15, 0.2) is 18.2 Å². The van der Waals surface area contributed by atoms with Crippen LogP contribution in [0.4, 0.5) is 8.78 Å². The molecular formula is C10H8F2O. The van der Waals surface area contributed by atoms with Gasteiger partial charge in [-0.1, -0.05) is 12.1 Å². The highest BCUT2D eigenvalue weighted by atomic mass is 19.3. The molecule has 0 heterocycles. The van der Waals surface area contributed by atoms with Gasteiger partial charge in [0.25, 0.3) is 6.43 Å². The van der Waals surface area contributed by atoms with Crippen molar-refractivity contribution in [3.8, 4) is 0 Å². The SMILES string of the molecule is O=C1CCc2ccc(C(F)F)cc21.